The van der Waals surface area contributed by atoms with Gasteiger partial charge in [-0.3, -0.25) is 0 Å². The molecule has 2 aromatic rings. The molecule has 0 aliphatic carbocycles. The van der Waals surface area contributed by atoms with E-state index in [0.717, 1.165) is 5.56 Å². The predicted molar refractivity (Wildman–Crippen MR) is 83.3 cm³/mol. The van der Waals surface area contributed by atoms with Crippen LogP contribution in [-0.2, 0) is 6.61 Å². The van der Waals surface area contributed by atoms with Gasteiger partial charge in [-0.05, 0) is 19.4 Å². The summed E-state index contributed by atoms with van der Waals surface area (Å²) in [5, 5.41) is 9.33. The maximum absolute atomic E-state index is 11.4. The Hall–Kier alpha value is -2.63. The van der Waals surface area contributed by atoms with Gasteiger partial charge in [0, 0.05) is 13.1 Å². The van der Waals surface area contributed by atoms with Gasteiger partial charge in [0.15, 0.2) is 17.3 Å². The van der Waals surface area contributed by atoms with Crippen molar-refractivity contribution in [2.75, 3.05) is 18.0 Å². The molecule has 0 spiro atoms. The van der Waals surface area contributed by atoms with Crippen LogP contribution in [0, 0.1) is 0 Å². The third-order valence-corrected chi connectivity index (χ3v) is 3.28. The minimum absolute atomic E-state index is 0.118. The molecular formula is C16H19N3O3. The average molecular weight is 301 g/mol. The lowest BCUT2D eigenvalue weighted by atomic mass is 10.2. The number of aromatic nitrogens is 2. The van der Waals surface area contributed by atoms with Gasteiger partial charge in [-0.15, -0.1) is 0 Å². The third kappa shape index (κ3) is 3.52. The second kappa shape index (κ2) is 7.40. The van der Waals surface area contributed by atoms with Crippen LogP contribution in [0.25, 0.3) is 0 Å². The number of aromatic carboxylic acids is 1. The minimum atomic E-state index is -1.13. The van der Waals surface area contributed by atoms with Crippen molar-refractivity contribution in [3.8, 4) is 5.75 Å². The summed E-state index contributed by atoms with van der Waals surface area (Å²) >= 11 is 0. The molecule has 116 valence electrons. The summed E-state index contributed by atoms with van der Waals surface area (Å²) in [5.41, 5.74) is 0.834. The molecule has 1 aromatic heterocycles. The summed E-state index contributed by atoms with van der Waals surface area (Å²) in [6, 6.07) is 9.56. The highest BCUT2D eigenvalue weighted by Crippen LogP contribution is 2.29. The van der Waals surface area contributed by atoms with E-state index in [1.807, 2.05) is 49.1 Å². The molecule has 22 heavy (non-hydrogen) atoms. The number of hydrogen-bond acceptors (Lipinski definition) is 5. The Balaban J connectivity index is 2.35. The normalized spacial score (nSPS) is 10.3. The zero-order valence-electron chi connectivity index (χ0n) is 12.7. The number of carboxylic acids is 1. The molecule has 0 bridgehead atoms. The first-order valence-corrected chi connectivity index (χ1v) is 7.17. The van der Waals surface area contributed by atoms with Crippen molar-refractivity contribution in [2.45, 2.75) is 20.5 Å². The molecule has 0 saturated carbocycles. The van der Waals surface area contributed by atoms with E-state index in [4.69, 9.17) is 4.74 Å². The summed E-state index contributed by atoms with van der Waals surface area (Å²) in [6.07, 6.45) is 1.26. The standard InChI is InChI=1S/C16H19N3O3/c1-3-19(4-2)15-14(13(16(20)21)17-11-18-15)22-10-12-8-6-5-7-9-12/h5-9,11H,3-4,10H2,1-2H3,(H,20,21). The molecule has 2 rings (SSSR count). The number of ether oxygens (including phenoxy) is 1. The highest BCUT2D eigenvalue weighted by atomic mass is 16.5. The molecule has 0 fully saturated rings. The van der Waals surface area contributed by atoms with E-state index in [9.17, 15) is 9.90 Å². The fraction of sp³-hybridized carbons (Fsp3) is 0.312. The molecule has 0 radical (unpaired) electrons. The fourth-order valence-electron chi connectivity index (χ4n) is 2.13. The average Bonchev–Trinajstić information content (AvgIpc) is 2.55. The van der Waals surface area contributed by atoms with Crippen molar-refractivity contribution in [3.63, 3.8) is 0 Å². The van der Waals surface area contributed by atoms with Crippen molar-refractivity contribution in [2.24, 2.45) is 0 Å². The van der Waals surface area contributed by atoms with E-state index in [-0.39, 0.29) is 18.1 Å². The van der Waals surface area contributed by atoms with E-state index < -0.39 is 5.97 Å². The SMILES string of the molecule is CCN(CC)c1ncnc(C(=O)O)c1OCc1ccccc1. The Morgan fingerprint density at radius 3 is 2.45 bits per heavy atom. The van der Waals surface area contributed by atoms with Gasteiger partial charge in [-0.2, -0.15) is 0 Å². The van der Waals surface area contributed by atoms with Gasteiger partial charge >= 0.3 is 5.97 Å². The lowest BCUT2D eigenvalue weighted by molar-refractivity contribution is 0.0684. The molecule has 0 unspecified atom stereocenters. The second-order valence-electron chi connectivity index (χ2n) is 4.63. The molecule has 6 heteroatoms. The van der Waals surface area contributed by atoms with Crippen molar-refractivity contribution >= 4 is 11.8 Å². The summed E-state index contributed by atoms with van der Waals surface area (Å²) in [4.78, 5) is 21.4. The van der Waals surface area contributed by atoms with Gasteiger partial charge in [-0.1, -0.05) is 30.3 Å². The summed E-state index contributed by atoms with van der Waals surface area (Å²) < 4.78 is 5.75. The van der Waals surface area contributed by atoms with Gasteiger partial charge < -0.3 is 14.7 Å². The number of benzene rings is 1. The Morgan fingerprint density at radius 2 is 1.86 bits per heavy atom. The first-order valence-electron chi connectivity index (χ1n) is 7.17. The molecule has 0 atom stereocenters. The number of rotatable bonds is 7. The van der Waals surface area contributed by atoms with Gasteiger partial charge in [0.25, 0.3) is 0 Å². The molecule has 0 aliphatic rings. The molecule has 0 saturated heterocycles. The van der Waals surface area contributed by atoms with Gasteiger partial charge in [-0.25, -0.2) is 14.8 Å². The Morgan fingerprint density at radius 1 is 1.18 bits per heavy atom. The molecular weight excluding hydrogens is 282 g/mol. The van der Waals surface area contributed by atoms with E-state index in [0.29, 0.717) is 18.9 Å². The van der Waals surface area contributed by atoms with Crippen LogP contribution in [0.15, 0.2) is 36.7 Å². The maximum atomic E-state index is 11.4. The molecule has 0 amide bonds. The highest BCUT2D eigenvalue weighted by molar-refractivity contribution is 5.90. The van der Waals surface area contributed by atoms with Crippen molar-refractivity contribution < 1.29 is 14.6 Å². The lowest BCUT2D eigenvalue weighted by Crippen LogP contribution is -2.25. The first kappa shape index (κ1) is 15.8. The maximum Gasteiger partial charge on any atom is 0.358 e. The van der Waals surface area contributed by atoms with Gasteiger partial charge in [0.05, 0.1) is 0 Å². The topological polar surface area (TPSA) is 75.6 Å². The first-order chi connectivity index (χ1) is 10.7. The molecule has 6 nitrogen and oxygen atoms in total. The zero-order chi connectivity index (χ0) is 15.9. The monoisotopic (exact) mass is 301 g/mol. The number of carboxylic acid groups (broad SMARTS) is 1. The smallest absolute Gasteiger partial charge is 0.358 e. The van der Waals surface area contributed by atoms with Crippen LogP contribution in [0.5, 0.6) is 5.75 Å². The Bertz CT molecular complexity index is 628. The van der Waals surface area contributed by atoms with E-state index in [1.54, 1.807) is 0 Å². The highest BCUT2D eigenvalue weighted by Gasteiger charge is 2.21. The number of nitrogens with zero attached hydrogens (tertiary/aromatic N) is 3. The second-order valence-corrected chi connectivity index (χ2v) is 4.63. The van der Waals surface area contributed by atoms with Crippen LogP contribution in [0.3, 0.4) is 0 Å². The van der Waals surface area contributed by atoms with Crippen LogP contribution < -0.4 is 9.64 Å². The lowest BCUT2D eigenvalue weighted by Gasteiger charge is -2.23. The third-order valence-electron chi connectivity index (χ3n) is 3.28. The molecule has 1 heterocycles. The number of carbonyl (C=O) groups is 1. The Kier molecular flexibility index (Phi) is 5.30. The van der Waals surface area contributed by atoms with Gasteiger partial charge in [0.1, 0.15) is 12.9 Å². The largest absolute Gasteiger partial charge is 0.483 e. The number of anilines is 1. The van der Waals surface area contributed by atoms with Crippen LogP contribution >= 0.6 is 0 Å². The van der Waals surface area contributed by atoms with E-state index in [2.05, 4.69) is 9.97 Å². The summed E-state index contributed by atoms with van der Waals surface area (Å²) in [7, 11) is 0. The van der Waals surface area contributed by atoms with Crippen molar-refractivity contribution in [1.29, 1.82) is 0 Å². The molecule has 0 aliphatic heterocycles. The summed E-state index contributed by atoms with van der Waals surface area (Å²) in [6.45, 7) is 5.63. The van der Waals surface area contributed by atoms with Gasteiger partial charge in [0.2, 0.25) is 0 Å². The van der Waals surface area contributed by atoms with Crippen LogP contribution in [-0.4, -0.2) is 34.1 Å². The van der Waals surface area contributed by atoms with Crippen LogP contribution in [0.1, 0.15) is 29.9 Å². The fourth-order valence-corrected chi connectivity index (χ4v) is 2.13. The summed E-state index contributed by atoms with van der Waals surface area (Å²) in [5.74, 6) is -0.408. The quantitative estimate of drug-likeness (QED) is 0.847. The van der Waals surface area contributed by atoms with Crippen LogP contribution in [0.2, 0.25) is 0 Å². The molecule has 1 aromatic carbocycles. The Labute approximate surface area is 129 Å². The van der Waals surface area contributed by atoms with E-state index >= 15 is 0 Å². The molecule has 1 N–H and O–H groups in total. The predicted octanol–water partition coefficient (Wildman–Crippen LogP) is 2.60. The van der Waals surface area contributed by atoms with Crippen molar-refractivity contribution in [1.82, 2.24) is 9.97 Å². The number of hydrogen-bond donors (Lipinski definition) is 1. The van der Waals surface area contributed by atoms with E-state index in [1.165, 1.54) is 6.33 Å². The zero-order valence-corrected chi connectivity index (χ0v) is 12.7. The minimum Gasteiger partial charge on any atom is -0.483 e. The van der Waals surface area contributed by atoms with Crippen molar-refractivity contribution in [3.05, 3.63) is 47.9 Å². The van der Waals surface area contributed by atoms with Crippen LogP contribution in [0.4, 0.5) is 5.82 Å².